The minimum atomic E-state index is -0.910. The van der Waals surface area contributed by atoms with Gasteiger partial charge in [-0.1, -0.05) is 17.7 Å². The first-order valence-corrected chi connectivity index (χ1v) is 13.0. The van der Waals surface area contributed by atoms with Crippen molar-refractivity contribution >= 4 is 63.3 Å². The fourth-order valence-corrected chi connectivity index (χ4v) is 6.20. The van der Waals surface area contributed by atoms with Gasteiger partial charge in [0.15, 0.2) is 0 Å². The summed E-state index contributed by atoms with van der Waals surface area (Å²) in [5.74, 6) is -0.0777. The third-order valence-electron chi connectivity index (χ3n) is 7.28. The van der Waals surface area contributed by atoms with Gasteiger partial charge in [0.2, 0.25) is 17.7 Å². The van der Waals surface area contributed by atoms with Crippen molar-refractivity contribution in [1.29, 1.82) is 0 Å². The van der Waals surface area contributed by atoms with E-state index in [0.717, 1.165) is 33.2 Å². The number of anilines is 2. The van der Waals surface area contributed by atoms with Crippen LogP contribution in [0.2, 0.25) is 5.02 Å². The summed E-state index contributed by atoms with van der Waals surface area (Å²) in [5.41, 5.74) is 2.46. The zero-order valence-electron chi connectivity index (χ0n) is 18.8. The molecule has 2 atom stereocenters. The van der Waals surface area contributed by atoms with E-state index in [0.29, 0.717) is 30.2 Å². The minimum absolute atomic E-state index is 0.0644. The number of halogens is 2. The maximum absolute atomic E-state index is 13.5. The lowest BCUT2D eigenvalue weighted by Gasteiger charge is -2.41. The predicted molar refractivity (Wildman–Crippen MR) is 140 cm³/mol. The average molecular weight is 593 g/mol. The first-order valence-electron chi connectivity index (χ1n) is 11.5. The zero-order chi connectivity index (χ0) is 24.0. The van der Waals surface area contributed by atoms with Gasteiger partial charge in [-0.05, 0) is 77.7 Å². The zero-order valence-corrected chi connectivity index (χ0v) is 21.7. The quantitative estimate of drug-likeness (QED) is 0.466. The Morgan fingerprint density at radius 1 is 1.18 bits per heavy atom. The lowest BCUT2D eigenvalue weighted by atomic mass is 9.67. The van der Waals surface area contributed by atoms with Crippen molar-refractivity contribution in [3.05, 3.63) is 56.1 Å². The summed E-state index contributed by atoms with van der Waals surface area (Å²) in [4.78, 5) is 39.7. The molecule has 3 amide bonds. The highest BCUT2D eigenvalue weighted by Gasteiger charge is 2.56. The Balaban J connectivity index is 1.53. The van der Waals surface area contributed by atoms with Gasteiger partial charge in [-0.2, -0.15) is 0 Å². The van der Waals surface area contributed by atoms with Crippen LogP contribution in [0.4, 0.5) is 11.4 Å². The van der Waals surface area contributed by atoms with E-state index in [2.05, 4.69) is 38.5 Å². The van der Waals surface area contributed by atoms with Crippen LogP contribution in [-0.4, -0.2) is 41.8 Å². The summed E-state index contributed by atoms with van der Waals surface area (Å²) in [6.07, 6.45) is 2.39. The number of hydrogen-bond donors (Lipinski definition) is 3. The molecule has 9 heteroatoms. The smallest absolute Gasteiger partial charge is 0.237 e. The molecule has 0 saturated carbocycles. The molecule has 3 heterocycles. The molecule has 5 rings (SSSR count). The van der Waals surface area contributed by atoms with Gasteiger partial charge in [0.05, 0.1) is 6.04 Å². The molecule has 0 aromatic heterocycles. The number of carbonyl (C=O) groups excluding carboxylic acids is 3. The number of likely N-dealkylation sites (tertiary alicyclic amines) is 1. The number of carbonyl (C=O) groups is 3. The van der Waals surface area contributed by atoms with Crippen molar-refractivity contribution < 1.29 is 14.4 Å². The van der Waals surface area contributed by atoms with Crippen LogP contribution in [-0.2, 0) is 19.8 Å². The maximum atomic E-state index is 13.5. The Hall–Kier alpha value is -2.33. The van der Waals surface area contributed by atoms with E-state index in [1.807, 2.05) is 29.2 Å². The largest absolute Gasteiger partial charge is 0.382 e. The van der Waals surface area contributed by atoms with Crippen LogP contribution < -0.4 is 16.0 Å². The van der Waals surface area contributed by atoms with Gasteiger partial charge in [0, 0.05) is 58.0 Å². The Morgan fingerprint density at radius 2 is 1.94 bits per heavy atom. The molecule has 0 radical (unpaired) electrons. The molecule has 7 nitrogen and oxygen atoms in total. The Bertz CT molecular complexity index is 1180. The molecule has 1 spiro atoms. The van der Waals surface area contributed by atoms with E-state index in [9.17, 15) is 14.4 Å². The minimum Gasteiger partial charge on any atom is -0.382 e. The number of benzene rings is 2. The van der Waals surface area contributed by atoms with Gasteiger partial charge in [-0.3, -0.25) is 14.4 Å². The van der Waals surface area contributed by atoms with Crippen molar-refractivity contribution in [2.24, 2.45) is 0 Å². The van der Waals surface area contributed by atoms with Gasteiger partial charge < -0.3 is 20.9 Å². The molecule has 34 heavy (non-hydrogen) atoms. The van der Waals surface area contributed by atoms with Crippen LogP contribution in [0, 0.1) is 3.57 Å². The molecule has 3 N–H and O–H groups in total. The molecule has 0 unspecified atom stereocenters. The van der Waals surface area contributed by atoms with Crippen molar-refractivity contribution in [3.8, 4) is 0 Å². The number of rotatable bonds is 3. The first-order chi connectivity index (χ1) is 16.3. The highest BCUT2D eigenvalue weighted by atomic mass is 127. The Labute approximate surface area is 217 Å². The summed E-state index contributed by atoms with van der Waals surface area (Å²) >= 11 is 8.47. The number of piperidine rings is 2. The lowest BCUT2D eigenvalue weighted by Crippen LogP contribution is -2.53. The summed E-state index contributed by atoms with van der Waals surface area (Å²) in [5, 5.41) is 10.4. The third-order valence-corrected chi connectivity index (χ3v) is 8.19. The SMILES string of the molecule is CC(=O)N1CCC(Nc2ccc(I)cc2[C@H]2NC(=O)CC[C@]23C(=O)Nc2cc(Cl)ccc23)CC1. The summed E-state index contributed by atoms with van der Waals surface area (Å²) in [7, 11) is 0. The van der Waals surface area contributed by atoms with Gasteiger partial charge in [0.1, 0.15) is 5.41 Å². The van der Waals surface area contributed by atoms with E-state index >= 15 is 0 Å². The Morgan fingerprint density at radius 3 is 2.68 bits per heavy atom. The topological polar surface area (TPSA) is 90.5 Å². The number of nitrogens with zero attached hydrogens (tertiary/aromatic N) is 1. The first kappa shape index (κ1) is 23.4. The van der Waals surface area contributed by atoms with E-state index < -0.39 is 11.5 Å². The molecule has 178 valence electrons. The molecule has 0 bridgehead atoms. The monoisotopic (exact) mass is 592 g/mol. The van der Waals surface area contributed by atoms with Crippen LogP contribution >= 0.6 is 34.2 Å². The fourth-order valence-electron chi connectivity index (χ4n) is 5.52. The van der Waals surface area contributed by atoms with Crippen LogP contribution in [0.5, 0.6) is 0 Å². The standard InChI is InChI=1S/C25H26ClIN4O3/c1-14(32)31-10-7-17(8-11-31)28-20-5-3-16(27)13-18(20)23-25(9-6-22(33)30-23)19-4-2-15(26)12-21(19)29-24(25)34/h2-5,12-13,17,23,28H,6-11H2,1H3,(H,29,34)(H,30,33)/t23-,25-/m1/s1. The van der Waals surface area contributed by atoms with E-state index in [1.54, 1.807) is 19.1 Å². The second-order valence-corrected chi connectivity index (χ2v) is 11.0. The van der Waals surface area contributed by atoms with Gasteiger partial charge in [-0.15, -0.1) is 0 Å². The average Bonchev–Trinajstić information content (AvgIpc) is 3.07. The number of nitrogens with one attached hydrogen (secondary N) is 3. The van der Waals surface area contributed by atoms with E-state index in [1.165, 1.54) is 0 Å². The summed E-state index contributed by atoms with van der Waals surface area (Å²) in [6, 6.07) is 11.3. The molecule has 2 aromatic carbocycles. The van der Waals surface area contributed by atoms with Crippen molar-refractivity contribution in [3.63, 3.8) is 0 Å². The van der Waals surface area contributed by atoms with Gasteiger partial charge >= 0.3 is 0 Å². The summed E-state index contributed by atoms with van der Waals surface area (Å²) in [6.45, 7) is 3.04. The fraction of sp³-hybridized carbons (Fsp3) is 0.400. The molecule has 3 aliphatic rings. The predicted octanol–water partition coefficient (Wildman–Crippen LogP) is 4.21. The van der Waals surface area contributed by atoms with Gasteiger partial charge in [-0.25, -0.2) is 0 Å². The Kier molecular flexibility index (Phi) is 6.22. The van der Waals surface area contributed by atoms with Crippen LogP contribution in [0.15, 0.2) is 36.4 Å². The highest BCUT2D eigenvalue weighted by molar-refractivity contribution is 14.1. The molecule has 2 saturated heterocycles. The number of fused-ring (bicyclic) bond motifs is 2. The van der Waals surface area contributed by atoms with E-state index in [-0.39, 0.29) is 30.2 Å². The molecule has 2 fully saturated rings. The molecule has 2 aromatic rings. The van der Waals surface area contributed by atoms with Crippen LogP contribution in [0.1, 0.15) is 49.8 Å². The van der Waals surface area contributed by atoms with Crippen LogP contribution in [0.25, 0.3) is 0 Å². The molecule has 0 aliphatic carbocycles. The molecule has 3 aliphatic heterocycles. The molecular formula is C25H26ClIN4O3. The number of amides is 3. The summed E-state index contributed by atoms with van der Waals surface area (Å²) < 4.78 is 1.02. The second-order valence-electron chi connectivity index (χ2n) is 9.27. The molecular weight excluding hydrogens is 567 g/mol. The normalized spacial score (nSPS) is 24.6. The van der Waals surface area contributed by atoms with Gasteiger partial charge in [0.25, 0.3) is 0 Å². The van der Waals surface area contributed by atoms with Crippen LogP contribution in [0.3, 0.4) is 0 Å². The van der Waals surface area contributed by atoms with Crippen molar-refractivity contribution in [2.75, 3.05) is 23.7 Å². The maximum Gasteiger partial charge on any atom is 0.237 e. The van der Waals surface area contributed by atoms with Crippen molar-refractivity contribution in [2.45, 2.75) is 50.1 Å². The second kappa shape index (κ2) is 9.03. The number of hydrogen-bond acceptors (Lipinski definition) is 4. The van der Waals surface area contributed by atoms with E-state index in [4.69, 9.17) is 11.6 Å². The van der Waals surface area contributed by atoms with Crippen molar-refractivity contribution in [1.82, 2.24) is 10.2 Å². The lowest BCUT2D eigenvalue weighted by molar-refractivity contribution is -0.130. The third kappa shape index (κ3) is 4.04. The highest BCUT2D eigenvalue weighted by Crippen LogP contribution is 2.52.